The van der Waals surface area contributed by atoms with Gasteiger partial charge in [0.15, 0.2) is 0 Å². The molecule has 5 heteroatoms. The first-order valence-electron chi connectivity index (χ1n) is 9.11. The molecule has 24 heavy (non-hydrogen) atoms. The number of nitrogens with zero attached hydrogens (tertiary/aromatic N) is 3. The lowest BCUT2D eigenvalue weighted by molar-refractivity contribution is 0.0105. The summed E-state index contributed by atoms with van der Waals surface area (Å²) in [5, 5.41) is 0.229. The number of hydrogen-bond donors (Lipinski definition) is 0. The van der Waals surface area contributed by atoms with Crippen molar-refractivity contribution < 1.29 is 4.79 Å². The Labute approximate surface area is 149 Å². The van der Waals surface area contributed by atoms with Crippen LogP contribution >= 0.6 is 11.9 Å². The van der Waals surface area contributed by atoms with Crippen molar-refractivity contribution in [2.24, 2.45) is 5.92 Å². The molecule has 1 amide bonds. The molecule has 0 aliphatic carbocycles. The molecule has 0 spiro atoms. The van der Waals surface area contributed by atoms with Crippen LogP contribution in [0.15, 0.2) is 24.3 Å². The van der Waals surface area contributed by atoms with E-state index in [1.807, 2.05) is 18.4 Å². The van der Waals surface area contributed by atoms with E-state index in [-0.39, 0.29) is 5.24 Å². The van der Waals surface area contributed by atoms with Crippen molar-refractivity contribution in [3.8, 4) is 0 Å². The molecule has 1 aromatic carbocycles. The van der Waals surface area contributed by atoms with Crippen LogP contribution in [0.4, 0.5) is 4.79 Å². The molecular formula is C19H27N3OS. The van der Waals surface area contributed by atoms with Crippen molar-refractivity contribution in [2.75, 3.05) is 33.7 Å². The van der Waals surface area contributed by atoms with Crippen LogP contribution in [0.3, 0.4) is 0 Å². The summed E-state index contributed by atoms with van der Waals surface area (Å²) in [6.07, 6.45) is 4.69. The Balaban J connectivity index is 1.58. The van der Waals surface area contributed by atoms with Gasteiger partial charge in [0, 0.05) is 43.7 Å². The van der Waals surface area contributed by atoms with Crippen LogP contribution < -0.4 is 0 Å². The second-order valence-corrected chi connectivity index (χ2v) is 8.79. The van der Waals surface area contributed by atoms with Crippen LogP contribution in [0.1, 0.15) is 36.4 Å². The molecule has 0 aromatic heterocycles. The van der Waals surface area contributed by atoms with Crippen molar-refractivity contribution in [1.82, 2.24) is 14.1 Å². The number of hydrogen-bond acceptors (Lipinski definition) is 4. The highest BCUT2D eigenvalue weighted by atomic mass is 32.2. The quantitative estimate of drug-likeness (QED) is 0.729. The SMILES string of the molecule is CN(C)SC(=O)N1CCC[C@@H]2CN3CCc4ccccc4[C@@H]3C[C@@H]21. The van der Waals surface area contributed by atoms with Gasteiger partial charge in [0.1, 0.15) is 0 Å². The third-order valence-corrected chi connectivity index (χ3v) is 6.63. The lowest BCUT2D eigenvalue weighted by Crippen LogP contribution is -2.57. The zero-order chi connectivity index (χ0) is 16.7. The minimum atomic E-state index is 0.229. The number of carbonyl (C=O) groups is 1. The van der Waals surface area contributed by atoms with Crippen LogP contribution in [0, 0.1) is 5.92 Å². The standard InChI is InChI=1S/C19H27N3OS/c1-20(2)24-19(23)22-10-5-7-15-13-21-11-9-14-6-3-4-8-16(14)18(21)12-17(15)22/h3-4,6,8,15,17-18H,5,7,9-13H2,1-2H3/t15-,17+,18+/m1/s1. The van der Waals surface area contributed by atoms with Gasteiger partial charge in [-0.3, -0.25) is 9.69 Å². The normalized spacial score (nSPS) is 29.8. The fourth-order valence-corrected chi connectivity index (χ4v) is 5.48. The molecule has 2 fully saturated rings. The van der Waals surface area contributed by atoms with Gasteiger partial charge >= 0.3 is 0 Å². The number of benzene rings is 1. The summed E-state index contributed by atoms with van der Waals surface area (Å²) < 4.78 is 1.91. The zero-order valence-corrected chi connectivity index (χ0v) is 15.5. The Morgan fingerprint density at radius 3 is 2.92 bits per heavy atom. The van der Waals surface area contributed by atoms with Gasteiger partial charge in [-0.25, -0.2) is 4.31 Å². The average molecular weight is 346 g/mol. The summed E-state index contributed by atoms with van der Waals surface area (Å²) in [5.74, 6) is 0.645. The third-order valence-electron chi connectivity index (χ3n) is 5.87. The van der Waals surface area contributed by atoms with Crippen LogP contribution in [0.5, 0.6) is 0 Å². The Bertz CT molecular complexity index is 620. The fraction of sp³-hybridized carbons (Fsp3) is 0.632. The van der Waals surface area contributed by atoms with E-state index in [0.717, 1.165) is 25.9 Å². The lowest BCUT2D eigenvalue weighted by atomic mass is 9.77. The summed E-state index contributed by atoms with van der Waals surface area (Å²) in [5.41, 5.74) is 3.01. The lowest BCUT2D eigenvalue weighted by Gasteiger charge is -2.52. The molecule has 0 bridgehead atoms. The van der Waals surface area contributed by atoms with E-state index in [1.54, 1.807) is 0 Å². The monoisotopic (exact) mass is 345 g/mol. The second kappa shape index (κ2) is 6.70. The van der Waals surface area contributed by atoms with Gasteiger partial charge < -0.3 is 4.90 Å². The maximum absolute atomic E-state index is 12.7. The van der Waals surface area contributed by atoms with E-state index < -0.39 is 0 Å². The van der Waals surface area contributed by atoms with Crippen LogP contribution in [-0.2, 0) is 6.42 Å². The molecule has 1 aromatic rings. The molecule has 3 aliphatic rings. The van der Waals surface area contributed by atoms with Gasteiger partial charge in [-0.2, -0.15) is 0 Å². The van der Waals surface area contributed by atoms with E-state index >= 15 is 0 Å². The van der Waals surface area contributed by atoms with Crippen LogP contribution in [0.2, 0.25) is 0 Å². The van der Waals surface area contributed by atoms with Gasteiger partial charge in [-0.15, -0.1) is 0 Å². The van der Waals surface area contributed by atoms with Gasteiger partial charge in [-0.1, -0.05) is 24.3 Å². The van der Waals surface area contributed by atoms with Crippen molar-refractivity contribution in [1.29, 1.82) is 0 Å². The molecule has 3 aliphatic heterocycles. The molecule has 3 atom stereocenters. The molecule has 0 radical (unpaired) electrons. The summed E-state index contributed by atoms with van der Waals surface area (Å²) in [7, 11) is 3.90. The predicted molar refractivity (Wildman–Crippen MR) is 99.0 cm³/mol. The minimum Gasteiger partial charge on any atom is -0.329 e. The maximum Gasteiger partial charge on any atom is 0.297 e. The fourth-order valence-electron chi connectivity index (χ4n) is 4.83. The van der Waals surface area contributed by atoms with Gasteiger partial charge in [0.05, 0.1) is 0 Å². The molecule has 2 saturated heterocycles. The first kappa shape index (κ1) is 16.4. The average Bonchev–Trinajstić information content (AvgIpc) is 2.58. The Kier molecular flexibility index (Phi) is 4.58. The molecule has 4 rings (SSSR count). The number of likely N-dealkylation sites (tertiary alicyclic amines) is 1. The maximum atomic E-state index is 12.7. The summed E-state index contributed by atoms with van der Waals surface area (Å²) in [6.45, 7) is 3.25. The number of carbonyl (C=O) groups excluding carboxylic acids is 1. The van der Waals surface area contributed by atoms with Crippen molar-refractivity contribution in [3.05, 3.63) is 35.4 Å². The topological polar surface area (TPSA) is 26.8 Å². The zero-order valence-electron chi connectivity index (χ0n) is 14.6. The molecule has 0 N–H and O–H groups in total. The molecule has 0 saturated carbocycles. The Hall–Kier alpha value is -1.04. The molecule has 3 heterocycles. The summed E-state index contributed by atoms with van der Waals surface area (Å²) in [4.78, 5) is 17.6. The van der Waals surface area contributed by atoms with Gasteiger partial charge in [-0.05, 0) is 56.8 Å². The summed E-state index contributed by atoms with van der Waals surface area (Å²) >= 11 is 1.34. The predicted octanol–water partition coefficient (Wildman–Crippen LogP) is 3.40. The smallest absolute Gasteiger partial charge is 0.297 e. The molecule has 0 unspecified atom stereocenters. The van der Waals surface area contributed by atoms with Gasteiger partial charge in [0.25, 0.3) is 5.24 Å². The van der Waals surface area contributed by atoms with Crippen molar-refractivity contribution in [3.63, 3.8) is 0 Å². The first-order valence-corrected chi connectivity index (χ1v) is 9.88. The Morgan fingerprint density at radius 1 is 1.25 bits per heavy atom. The summed E-state index contributed by atoms with van der Waals surface area (Å²) in [6, 6.07) is 9.81. The van der Waals surface area contributed by atoms with E-state index in [0.29, 0.717) is 18.0 Å². The van der Waals surface area contributed by atoms with Crippen molar-refractivity contribution >= 4 is 17.2 Å². The number of rotatable bonds is 1. The highest BCUT2D eigenvalue weighted by Gasteiger charge is 2.43. The van der Waals surface area contributed by atoms with E-state index in [2.05, 4.69) is 34.1 Å². The van der Waals surface area contributed by atoms with Crippen molar-refractivity contribution in [2.45, 2.75) is 37.8 Å². The van der Waals surface area contributed by atoms with E-state index in [1.165, 1.54) is 42.5 Å². The highest BCUT2D eigenvalue weighted by molar-refractivity contribution is 8.11. The minimum absolute atomic E-state index is 0.229. The second-order valence-electron chi connectivity index (χ2n) is 7.53. The molecular weight excluding hydrogens is 318 g/mol. The molecule has 130 valence electrons. The van der Waals surface area contributed by atoms with E-state index in [9.17, 15) is 4.79 Å². The number of fused-ring (bicyclic) bond motifs is 4. The largest absolute Gasteiger partial charge is 0.329 e. The van der Waals surface area contributed by atoms with Crippen LogP contribution in [0.25, 0.3) is 0 Å². The number of piperidine rings is 2. The molecule has 4 nitrogen and oxygen atoms in total. The van der Waals surface area contributed by atoms with Crippen LogP contribution in [-0.4, -0.2) is 59.1 Å². The third kappa shape index (κ3) is 2.98. The highest BCUT2D eigenvalue weighted by Crippen LogP contribution is 2.43. The first-order chi connectivity index (χ1) is 11.6. The van der Waals surface area contributed by atoms with E-state index in [4.69, 9.17) is 0 Å². The Morgan fingerprint density at radius 2 is 2.08 bits per heavy atom. The van der Waals surface area contributed by atoms with Gasteiger partial charge in [0.2, 0.25) is 0 Å². The number of amides is 1.